The van der Waals surface area contributed by atoms with Crippen molar-refractivity contribution in [1.29, 1.82) is 0 Å². The van der Waals surface area contributed by atoms with Crippen LogP contribution in [0.3, 0.4) is 0 Å². The zero-order valence-electron chi connectivity index (χ0n) is 8.81. The van der Waals surface area contributed by atoms with Gasteiger partial charge in [-0.05, 0) is 11.5 Å². The quantitative estimate of drug-likeness (QED) is 0.486. The minimum atomic E-state index is 0.992. The summed E-state index contributed by atoms with van der Waals surface area (Å²) in [6.45, 7) is 0. The van der Waals surface area contributed by atoms with Gasteiger partial charge in [0.1, 0.15) is 0 Å². The Hall–Kier alpha value is -1.74. The number of fused-ring (bicyclic) bond motifs is 3. The third kappa shape index (κ3) is 1.09. The lowest BCUT2D eigenvalue weighted by Gasteiger charge is -2.02. The third-order valence-electron chi connectivity index (χ3n) is 3.20. The first-order valence-corrected chi connectivity index (χ1v) is 6.18. The summed E-state index contributed by atoms with van der Waals surface area (Å²) in [5.41, 5.74) is 4.35. The first-order valence-electron chi connectivity index (χ1n) is 5.39. The summed E-state index contributed by atoms with van der Waals surface area (Å²) in [5, 5.41) is 2.47. The Bertz CT molecular complexity index is 736. The fourth-order valence-electron chi connectivity index (χ4n) is 2.50. The van der Waals surface area contributed by atoms with Crippen LogP contribution in [0, 0.1) is 0 Å². The minimum Gasteiger partial charge on any atom is -0.252 e. The molecule has 0 unspecified atom stereocenters. The van der Waals surface area contributed by atoms with Gasteiger partial charge in [0.2, 0.25) is 0 Å². The van der Waals surface area contributed by atoms with E-state index in [2.05, 4.69) is 56.2 Å². The number of rotatable bonds is 0. The van der Waals surface area contributed by atoms with Crippen LogP contribution >= 0.6 is 15.9 Å². The Kier molecular flexibility index (Phi) is 1.72. The summed E-state index contributed by atoms with van der Waals surface area (Å²) >= 11 is 3.60. The number of hydrogen-bond acceptors (Lipinski definition) is 2. The standard InChI is InChI=1S/C14H7BrN2/c15-11-5-4-10-12-8(11)2-1-3-9(12)13-14(10)17-7-6-16-13/h1-7H. The summed E-state index contributed by atoms with van der Waals surface area (Å²) in [7, 11) is 0. The van der Waals surface area contributed by atoms with Crippen LogP contribution < -0.4 is 0 Å². The highest BCUT2D eigenvalue weighted by Gasteiger charge is 2.23. The van der Waals surface area contributed by atoms with Crippen LogP contribution in [-0.2, 0) is 0 Å². The van der Waals surface area contributed by atoms with Crippen molar-refractivity contribution in [2.45, 2.75) is 0 Å². The van der Waals surface area contributed by atoms with Gasteiger partial charge in [0.05, 0.1) is 11.4 Å². The Morgan fingerprint density at radius 1 is 0.824 bits per heavy atom. The molecule has 0 aliphatic heterocycles. The summed E-state index contributed by atoms with van der Waals surface area (Å²) in [5.74, 6) is 0. The number of benzene rings is 2. The van der Waals surface area contributed by atoms with Crippen LogP contribution in [-0.4, -0.2) is 9.97 Å². The number of halogens is 1. The topological polar surface area (TPSA) is 25.8 Å². The molecule has 17 heavy (non-hydrogen) atoms. The van der Waals surface area contributed by atoms with E-state index in [1.165, 1.54) is 21.9 Å². The molecule has 80 valence electrons. The van der Waals surface area contributed by atoms with Crippen LogP contribution in [0.15, 0.2) is 47.2 Å². The highest BCUT2D eigenvalue weighted by Crippen LogP contribution is 2.46. The highest BCUT2D eigenvalue weighted by molar-refractivity contribution is 9.10. The van der Waals surface area contributed by atoms with Crippen LogP contribution in [0.2, 0.25) is 0 Å². The Balaban J connectivity index is 2.30. The lowest BCUT2D eigenvalue weighted by Crippen LogP contribution is -1.84. The van der Waals surface area contributed by atoms with E-state index in [1.54, 1.807) is 12.4 Å². The Morgan fingerprint density at radius 2 is 1.53 bits per heavy atom. The normalized spacial score (nSPS) is 11.8. The van der Waals surface area contributed by atoms with Gasteiger partial charge < -0.3 is 0 Å². The molecule has 0 saturated carbocycles. The fraction of sp³-hybridized carbons (Fsp3) is 0. The second-order valence-electron chi connectivity index (χ2n) is 4.08. The summed E-state index contributed by atoms with van der Waals surface area (Å²) in [6.07, 6.45) is 3.50. The van der Waals surface area contributed by atoms with E-state index in [0.29, 0.717) is 0 Å². The van der Waals surface area contributed by atoms with E-state index in [0.717, 1.165) is 15.9 Å². The van der Waals surface area contributed by atoms with E-state index in [1.807, 2.05) is 0 Å². The maximum absolute atomic E-state index is 4.45. The molecule has 1 heterocycles. The van der Waals surface area contributed by atoms with Gasteiger partial charge in [0, 0.05) is 33.4 Å². The first kappa shape index (κ1) is 9.31. The molecule has 0 spiro atoms. The summed E-state index contributed by atoms with van der Waals surface area (Å²) in [6, 6.07) is 10.5. The largest absolute Gasteiger partial charge is 0.252 e. The van der Waals surface area contributed by atoms with Crippen LogP contribution in [0.4, 0.5) is 0 Å². The van der Waals surface area contributed by atoms with Crippen LogP contribution in [0.1, 0.15) is 0 Å². The van der Waals surface area contributed by atoms with Crippen molar-refractivity contribution in [3.05, 3.63) is 47.2 Å². The second-order valence-corrected chi connectivity index (χ2v) is 4.93. The molecule has 1 aliphatic carbocycles. The molecule has 0 atom stereocenters. The van der Waals surface area contributed by atoms with Gasteiger partial charge in [-0.15, -0.1) is 0 Å². The Labute approximate surface area is 106 Å². The maximum Gasteiger partial charge on any atom is 0.0971 e. The lowest BCUT2D eigenvalue weighted by molar-refractivity contribution is 1.23. The predicted octanol–water partition coefficient (Wildman–Crippen LogP) is 4.04. The van der Waals surface area contributed by atoms with Crippen molar-refractivity contribution in [3.8, 4) is 22.5 Å². The maximum atomic E-state index is 4.45. The van der Waals surface area contributed by atoms with Gasteiger partial charge in [-0.25, -0.2) is 0 Å². The van der Waals surface area contributed by atoms with E-state index in [-0.39, 0.29) is 0 Å². The molecule has 1 aliphatic rings. The molecular formula is C14H7BrN2. The molecule has 2 nitrogen and oxygen atoms in total. The van der Waals surface area contributed by atoms with Gasteiger partial charge in [0.15, 0.2) is 0 Å². The lowest BCUT2D eigenvalue weighted by atomic mass is 10.0. The monoisotopic (exact) mass is 282 g/mol. The predicted molar refractivity (Wildman–Crippen MR) is 71.7 cm³/mol. The van der Waals surface area contributed by atoms with Crippen LogP contribution in [0.25, 0.3) is 33.3 Å². The molecule has 4 rings (SSSR count). The van der Waals surface area contributed by atoms with Crippen molar-refractivity contribution in [3.63, 3.8) is 0 Å². The molecule has 0 amide bonds. The average molecular weight is 283 g/mol. The fourth-order valence-corrected chi connectivity index (χ4v) is 2.96. The van der Waals surface area contributed by atoms with Crippen molar-refractivity contribution in [2.24, 2.45) is 0 Å². The smallest absolute Gasteiger partial charge is 0.0971 e. The van der Waals surface area contributed by atoms with Gasteiger partial charge in [-0.2, -0.15) is 0 Å². The second kappa shape index (κ2) is 3.14. The molecule has 1 aromatic heterocycles. The van der Waals surface area contributed by atoms with Gasteiger partial charge in [-0.3, -0.25) is 9.97 Å². The Morgan fingerprint density at radius 3 is 2.29 bits per heavy atom. The van der Waals surface area contributed by atoms with Crippen molar-refractivity contribution < 1.29 is 0 Å². The number of aromatic nitrogens is 2. The summed E-state index contributed by atoms with van der Waals surface area (Å²) < 4.78 is 1.12. The van der Waals surface area contributed by atoms with Gasteiger partial charge >= 0.3 is 0 Å². The molecule has 0 bridgehead atoms. The highest BCUT2D eigenvalue weighted by atomic mass is 79.9. The average Bonchev–Trinajstić information content (AvgIpc) is 2.70. The third-order valence-corrected chi connectivity index (χ3v) is 3.89. The van der Waals surface area contributed by atoms with Crippen molar-refractivity contribution in [1.82, 2.24) is 9.97 Å². The van der Waals surface area contributed by atoms with E-state index >= 15 is 0 Å². The molecule has 2 aromatic carbocycles. The van der Waals surface area contributed by atoms with E-state index in [9.17, 15) is 0 Å². The molecule has 0 N–H and O–H groups in total. The van der Waals surface area contributed by atoms with E-state index in [4.69, 9.17) is 0 Å². The zero-order valence-corrected chi connectivity index (χ0v) is 10.4. The molecular weight excluding hydrogens is 276 g/mol. The minimum absolute atomic E-state index is 0.992. The molecule has 3 heteroatoms. The van der Waals surface area contributed by atoms with Crippen molar-refractivity contribution in [2.75, 3.05) is 0 Å². The zero-order chi connectivity index (χ0) is 11.4. The SMILES string of the molecule is Brc1ccc2c3c(cccc13)-c1nccnc1-2. The van der Waals surface area contributed by atoms with E-state index < -0.39 is 0 Å². The number of nitrogens with zero attached hydrogens (tertiary/aromatic N) is 2. The number of hydrogen-bond donors (Lipinski definition) is 0. The summed E-state index contributed by atoms with van der Waals surface area (Å²) in [4.78, 5) is 8.90. The van der Waals surface area contributed by atoms with Crippen LogP contribution in [0.5, 0.6) is 0 Å². The first-order chi connectivity index (χ1) is 8.36. The van der Waals surface area contributed by atoms with Gasteiger partial charge in [0.25, 0.3) is 0 Å². The van der Waals surface area contributed by atoms with Crippen molar-refractivity contribution >= 4 is 26.7 Å². The molecule has 0 fully saturated rings. The molecule has 0 saturated heterocycles. The molecule has 0 radical (unpaired) electrons. The van der Waals surface area contributed by atoms with Gasteiger partial charge in [-0.1, -0.05) is 40.2 Å². The molecule has 3 aromatic rings.